The molecule has 0 saturated heterocycles. The number of carbonyl (C=O) groups excluding carboxylic acids is 3. The van der Waals surface area contributed by atoms with Crippen molar-refractivity contribution in [3.8, 4) is 0 Å². The number of benzene rings is 2. The Balaban J connectivity index is 1.82. The van der Waals surface area contributed by atoms with Crippen molar-refractivity contribution < 1.29 is 24.2 Å². The van der Waals surface area contributed by atoms with Crippen molar-refractivity contribution in [3.63, 3.8) is 0 Å². The van der Waals surface area contributed by atoms with Crippen molar-refractivity contribution >= 4 is 17.9 Å². The SMILES string of the molecule is CC(C)CCN(C(=O)OCc1ccccc1)C(=O)N1Cc2ccccc2CC1C(=O)CO. The van der Waals surface area contributed by atoms with E-state index >= 15 is 0 Å². The third-order valence-corrected chi connectivity index (χ3v) is 5.61. The minimum atomic E-state index is -0.828. The number of aliphatic hydroxyl groups is 1. The van der Waals surface area contributed by atoms with E-state index in [-0.39, 0.29) is 25.6 Å². The molecule has 0 aromatic heterocycles. The highest BCUT2D eigenvalue weighted by Crippen LogP contribution is 2.25. The zero-order valence-corrected chi connectivity index (χ0v) is 18.6. The first-order valence-electron chi connectivity index (χ1n) is 10.9. The molecule has 1 atom stereocenters. The number of ketones is 1. The van der Waals surface area contributed by atoms with Crippen LogP contribution in [0.3, 0.4) is 0 Å². The Hall–Kier alpha value is -3.19. The van der Waals surface area contributed by atoms with Gasteiger partial charge in [-0.2, -0.15) is 0 Å². The van der Waals surface area contributed by atoms with Crippen LogP contribution < -0.4 is 0 Å². The van der Waals surface area contributed by atoms with Gasteiger partial charge in [0.15, 0.2) is 5.78 Å². The van der Waals surface area contributed by atoms with E-state index in [0.29, 0.717) is 12.8 Å². The number of hydrogen-bond donors (Lipinski definition) is 1. The number of fused-ring (bicyclic) bond motifs is 1. The van der Waals surface area contributed by atoms with Gasteiger partial charge in [-0.15, -0.1) is 0 Å². The van der Waals surface area contributed by atoms with E-state index in [9.17, 15) is 19.5 Å². The van der Waals surface area contributed by atoms with Crippen LogP contribution in [0, 0.1) is 5.92 Å². The van der Waals surface area contributed by atoms with E-state index in [4.69, 9.17) is 4.74 Å². The Morgan fingerprint density at radius 2 is 1.72 bits per heavy atom. The van der Waals surface area contributed by atoms with Crippen molar-refractivity contribution in [2.45, 2.75) is 45.9 Å². The van der Waals surface area contributed by atoms with Crippen LogP contribution in [0.5, 0.6) is 0 Å². The Kier molecular flexibility index (Phi) is 8.00. The van der Waals surface area contributed by atoms with Crippen LogP contribution >= 0.6 is 0 Å². The monoisotopic (exact) mass is 438 g/mol. The van der Waals surface area contributed by atoms with Crippen LogP contribution in [0.15, 0.2) is 54.6 Å². The van der Waals surface area contributed by atoms with Crippen molar-refractivity contribution in [1.29, 1.82) is 0 Å². The van der Waals surface area contributed by atoms with Crippen LogP contribution in [0.25, 0.3) is 0 Å². The Morgan fingerprint density at radius 1 is 1.06 bits per heavy atom. The fraction of sp³-hybridized carbons (Fsp3) is 0.400. The first-order valence-corrected chi connectivity index (χ1v) is 10.9. The lowest BCUT2D eigenvalue weighted by Gasteiger charge is -2.38. The molecule has 3 amide bonds. The summed E-state index contributed by atoms with van der Waals surface area (Å²) >= 11 is 0. The van der Waals surface area contributed by atoms with E-state index in [1.807, 2.05) is 68.4 Å². The molecule has 0 bridgehead atoms. The van der Waals surface area contributed by atoms with E-state index in [1.54, 1.807) is 0 Å². The minimum Gasteiger partial charge on any atom is -0.444 e. The Labute approximate surface area is 188 Å². The smallest absolute Gasteiger partial charge is 0.418 e. The summed E-state index contributed by atoms with van der Waals surface area (Å²) in [5, 5.41) is 9.48. The molecular formula is C25H30N2O5. The standard InChI is InChI=1S/C25H30N2O5/c1-18(2)12-13-26(25(31)32-17-19-8-4-3-5-9-19)24(30)27-15-21-11-7-6-10-20(21)14-22(27)23(29)16-28/h3-11,18,22,28H,12-17H2,1-2H3. The van der Waals surface area contributed by atoms with Crippen molar-refractivity contribution in [3.05, 3.63) is 71.3 Å². The van der Waals surface area contributed by atoms with E-state index in [2.05, 4.69) is 0 Å². The average Bonchev–Trinajstić information content (AvgIpc) is 2.81. The maximum Gasteiger partial charge on any atom is 0.418 e. The van der Waals surface area contributed by atoms with Gasteiger partial charge < -0.3 is 14.7 Å². The van der Waals surface area contributed by atoms with Gasteiger partial charge >= 0.3 is 12.1 Å². The third-order valence-electron chi connectivity index (χ3n) is 5.61. The first-order chi connectivity index (χ1) is 15.4. The topological polar surface area (TPSA) is 87.2 Å². The van der Waals surface area contributed by atoms with Gasteiger partial charge in [-0.05, 0) is 29.0 Å². The third kappa shape index (κ3) is 5.73. The zero-order chi connectivity index (χ0) is 23.1. The fourth-order valence-corrected chi connectivity index (χ4v) is 3.72. The first kappa shape index (κ1) is 23.5. The highest BCUT2D eigenvalue weighted by atomic mass is 16.6. The van der Waals surface area contributed by atoms with E-state index in [1.165, 1.54) is 4.90 Å². The van der Waals surface area contributed by atoms with Gasteiger partial charge in [-0.3, -0.25) is 4.79 Å². The van der Waals surface area contributed by atoms with Crippen molar-refractivity contribution in [2.24, 2.45) is 5.92 Å². The molecule has 7 nitrogen and oxygen atoms in total. The lowest BCUT2D eigenvalue weighted by atomic mass is 9.92. The molecule has 1 unspecified atom stereocenters. The summed E-state index contributed by atoms with van der Waals surface area (Å²) in [6.45, 7) is 3.77. The molecule has 7 heteroatoms. The summed E-state index contributed by atoms with van der Waals surface area (Å²) < 4.78 is 5.43. The predicted octanol–water partition coefficient (Wildman–Crippen LogP) is 3.78. The largest absolute Gasteiger partial charge is 0.444 e. The van der Waals surface area contributed by atoms with Crippen LogP contribution in [0.2, 0.25) is 0 Å². The molecule has 0 saturated carbocycles. The molecule has 0 spiro atoms. The van der Waals surface area contributed by atoms with Gasteiger partial charge in [0.2, 0.25) is 0 Å². The molecule has 0 radical (unpaired) electrons. The van der Waals surface area contributed by atoms with Gasteiger partial charge in [0.25, 0.3) is 0 Å². The molecule has 0 fully saturated rings. The Morgan fingerprint density at radius 3 is 2.38 bits per heavy atom. The fourth-order valence-electron chi connectivity index (χ4n) is 3.72. The molecular weight excluding hydrogens is 408 g/mol. The van der Waals surface area contributed by atoms with E-state index in [0.717, 1.165) is 21.6 Å². The summed E-state index contributed by atoms with van der Waals surface area (Å²) in [5.41, 5.74) is 2.70. The average molecular weight is 439 g/mol. The molecule has 32 heavy (non-hydrogen) atoms. The number of nitrogens with zero attached hydrogens (tertiary/aromatic N) is 2. The number of hydrogen-bond acceptors (Lipinski definition) is 5. The second-order valence-corrected chi connectivity index (χ2v) is 8.40. The molecule has 1 heterocycles. The van der Waals surface area contributed by atoms with Crippen LogP contribution in [-0.2, 0) is 29.1 Å². The van der Waals surface area contributed by atoms with Crippen LogP contribution in [0.1, 0.15) is 37.0 Å². The predicted molar refractivity (Wildman–Crippen MR) is 120 cm³/mol. The second-order valence-electron chi connectivity index (χ2n) is 8.40. The quantitative estimate of drug-likeness (QED) is 0.711. The molecule has 1 aliphatic rings. The van der Waals surface area contributed by atoms with Crippen LogP contribution in [-0.4, -0.2) is 52.0 Å². The summed E-state index contributed by atoms with van der Waals surface area (Å²) in [6, 6.07) is 15.4. The molecule has 1 aliphatic heterocycles. The van der Waals surface area contributed by atoms with Gasteiger partial charge in [0, 0.05) is 19.5 Å². The molecule has 2 aromatic carbocycles. The highest BCUT2D eigenvalue weighted by Gasteiger charge is 2.38. The summed E-state index contributed by atoms with van der Waals surface area (Å²) in [6.07, 6.45) is 0.168. The number of ether oxygens (including phenoxy) is 1. The molecule has 0 aliphatic carbocycles. The van der Waals surface area contributed by atoms with Crippen molar-refractivity contribution in [2.75, 3.05) is 13.2 Å². The second kappa shape index (κ2) is 10.9. The number of aliphatic hydroxyl groups excluding tert-OH is 1. The molecule has 170 valence electrons. The van der Waals surface area contributed by atoms with E-state index < -0.39 is 30.6 Å². The molecule has 2 aromatic rings. The summed E-state index contributed by atoms with van der Waals surface area (Å²) in [7, 11) is 0. The number of amides is 3. The lowest BCUT2D eigenvalue weighted by molar-refractivity contribution is -0.126. The summed E-state index contributed by atoms with van der Waals surface area (Å²) in [5.74, 6) is -0.182. The number of carbonyl (C=O) groups is 3. The maximum atomic E-state index is 13.5. The maximum absolute atomic E-state index is 13.5. The van der Waals surface area contributed by atoms with Gasteiger partial charge in [0.1, 0.15) is 13.2 Å². The molecule has 3 rings (SSSR count). The Bertz CT molecular complexity index is 944. The number of rotatable bonds is 7. The summed E-state index contributed by atoms with van der Waals surface area (Å²) in [4.78, 5) is 41.4. The van der Waals surface area contributed by atoms with Gasteiger partial charge in [-0.1, -0.05) is 68.4 Å². The van der Waals surface area contributed by atoms with Crippen molar-refractivity contribution in [1.82, 2.24) is 9.80 Å². The lowest BCUT2D eigenvalue weighted by Crippen LogP contribution is -2.55. The van der Waals surface area contributed by atoms with Gasteiger partial charge in [0.05, 0.1) is 6.04 Å². The minimum absolute atomic E-state index is 0.0486. The zero-order valence-electron chi connectivity index (χ0n) is 18.6. The molecule has 1 N–H and O–H groups in total. The van der Waals surface area contributed by atoms with Gasteiger partial charge in [-0.25, -0.2) is 14.5 Å². The van der Waals surface area contributed by atoms with Crippen LogP contribution in [0.4, 0.5) is 9.59 Å². The number of Topliss-reactive ketones (excluding diaryl/α,β-unsaturated/α-hetero) is 1. The highest BCUT2D eigenvalue weighted by molar-refractivity contribution is 5.95. The normalized spacial score (nSPS) is 15.2. The number of imide groups is 1. The number of urea groups is 1.